The lowest BCUT2D eigenvalue weighted by molar-refractivity contribution is -0.119. The maximum absolute atomic E-state index is 13.4. The molecule has 3 N–H and O–H groups in total. The first-order valence-corrected chi connectivity index (χ1v) is 9.43. The summed E-state index contributed by atoms with van der Waals surface area (Å²) in [5.41, 5.74) is 3.56. The molecule has 1 aromatic carbocycles. The minimum atomic E-state index is -4.64. The number of aliphatic hydroxyl groups is 1. The lowest BCUT2D eigenvalue weighted by atomic mass is 10.1. The van der Waals surface area contributed by atoms with E-state index in [4.69, 9.17) is 5.11 Å². The molecule has 0 bridgehead atoms. The Bertz CT molecular complexity index is 1310. The van der Waals surface area contributed by atoms with E-state index in [-0.39, 0.29) is 11.4 Å². The highest BCUT2D eigenvalue weighted by atomic mass is 79.9. The van der Waals surface area contributed by atoms with Crippen LogP contribution in [0.4, 0.5) is 17.6 Å². The summed E-state index contributed by atoms with van der Waals surface area (Å²) in [6.07, 6.45) is -1.38. The fraction of sp³-hybridized carbons (Fsp3) is 0.0476. The summed E-state index contributed by atoms with van der Waals surface area (Å²) < 4.78 is 46.6. The number of rotatable bonds is 2. The Morgan fingerprint density at radius 3 is 2.45 bits per heavy atom. The molecule has 0 unspecified atom stereocenters. The van der Waals surface area contributed by atoms with Crippen LogP contribution in [-0.2, 0) is 0 Å². The predicted molar refractivity (Wildman–Crippen MR) is 113 cm³/mol. The highest BCUT2D eigenvalue weighted by Gasteiger charge is 2.31. The number of pyridine rings is 2. The van der Waals surface area contributed by atoms with Crippen LogP contribution < -0.4 is 5.56 Å². The molecule has 0 aliphatic carbocycles. The summed E-state index contributed by atoms with van der Waals surface area (Å²) in [5, 5.41) is 8.14. The van der Waals surface area contributed by atoms with Crippen molar-refractivity contribution in [2.75, 3.05) is 0 Å². The van der Waals surface area contributed by atoms with E-state index in [1.165, 1.54) is 12.1 Å². The Morgan fingerprint density at radius 1 is 1.13 bits per heavy atom. The largest absolute Gasteiger partial charge is 0.505 e. The smallest absolute Gasteiger partial charge is 0.448 e. The van der Waals surface area contributed by atoms with Crippen LogP contribution >= 0.6 is 15.9 Å². The Balaban J connectivity index is 0.000000339. The molecular formula is C21H14BrF4N3O2. The molecule has 5 nitrogen and oxygen atoms in total. The normalized spacial score (nSPS) is 11.1. The minimum absolute atomic E-state index is 0.165. The molecule has 0 saturated heterocycles. The highest BCUT2D eigenvalue weighted by Crippen LogP contribution is 2.34. The Hall–Kier alpha value is -3.40. The first kappa shape index (κ1) is 22.3. The number of nitrogens with one attached hydrogen (secondary N) is 2. The van der Waals surface area contributed by atoms with Gasteiger partial charge in [0.2, 0.25) is 0 Å². The van der Waals surface area contributed by atoms with Gasteiger partial charge in [-0.25, -0.2) is 4.39 Å². The molecule has 0 aliphatic heterocycles. The summed E-state index contributed by atoms with van der Waals surface area (Å²) in [6, 6.07) is 11.8. The third-order valence-electron chi connectivity index (χ3n) is 4.16. The van der Waals surface area contributed by atoms with Crippen LogP contribution in [0.15, 0.2) is 76.5 Å². The average molecular weight is 496 g/mol. The van der Waals surface area contributed by atoms with E-state index in [1.54, 1.807) is 30.6 Å². The zero-order chi connectivity index (χ0) is 22.8. The molecule has 31 heavy (non-hydrogen) atoms. The second-order valence-electron chi connectivity index (χ2n) is 6.29. The van der Waals surface area contributed by atoms with Crippen LogP contribution in [0.25, 0.3) is 33.4 Å². The first-order valence-electron chi connectivity index (χ1n) is 8.64. The van der Waals surface area contributed by atoms with Gasteiger partial charge in [-0.05, 0) is 46.3 Å². The number of alkyl halides is 3. The van der Waals surface area contributed by atoms with Crippen LogP contribution in [0.5, 0.6) is 0 Å². The molecule has 0 radical (unpaired) electrons. The second kappa shape index (κ2) is 8.76. The van der Waals surface area contributed by atoms with E-state index in [1.807, 2.05) is 12.1 Å². The molecule has 0 aliphatic rings. The van der Waals surface area contributed by atoms with Crippen LogP contribution in [0.1, 0.15) is 0 Å². The molecule has 3 aromatic heterocycles. The molecule has 160 valence electrons. The zero-order valence-electron chi connectivity index (χ0n) is 15.6. The molecule has 0 spiro atoms. The number of halogens is 5. The van der Waals surface area contributed by atoms with E-state index in [2.05, 4.69) is 37.5 Å². The van der Waals surface area contributed by atoms with E-state index >= 15 is 0 Å². The number of fused-ring (bicyclic) bond motifs is 1. The average Bonchev–Trinajstić information content (AvgIpc) is 3.06. The summed E-state index contributed by atoms with van der Waals surface area (Å²) in [7, 11) is 0. The van der Waals surface area contributed by atoms with Gasteiger partial charge in [0.05, 0.1) is 26.8 Å². The lowest BCUT2D eigenvalue weighted by Crippen LogP contribution is -2.09. The molecule has 0 fully saturated rings. The second-order valence-corrected chi connectivity index (χ2v) is 7.09. The number of aromatic amines is 2. The van der Waals surface area contributed by atoms with Crippen molar-refractivity contribution in [1.29, 1.82) is 0 Å². The molecule has 0 atom stereocenters. The predicted octanol–water partition coefficient (Wildman–Crippen LogP) is 6.11. The van der Waals surface area contributed by atoms with Crippen molar-refractivity contribution < 1.29 is 22.7 Å². The number of benzene rings is 1. The van der Waals surface area contributed by atoms with Gasteiger partial charge in [0, 0.05) is 23.5 Å². The van der Waals surface area contributed by atoms with Gasteiger partial charge in [0.15, 0.2) is 5.76 Å². The van der Waals surface area contributed by atoms with Crippen molar-refractivity contribution in [2.24, 2.45) is 0 Å². The summed E-state index contributed by atoms with van der Waals surface area (Å²) in [4.78, 5) is 22.2. The molecular weight excluding hydrogens is 482 g/mol. The Labute approximate surface area is 181 Å². The van der Waals surface area contributed by atoms with Crippen molar-refractivity contribution in [1.82, 2.24) is 15.0 Å². The molecule has 3 heterocycles. The molecule has 4 rings (SSSR count). The summed E-state index contributed by atoms with van der Waals surface area (Å²) >= 11 is 3.50. The summed E-state index contributed by atoms with van der Waals surface area (Å²) in [5.74, 6) is -2.06. The number of allylic oxidation sites excluding steroid dienone is 1. The molecule has 0 saturated carbocycles. The zero-order valence-corrected chi connectivity index (χ0v) is 17.2. The van der Waals surface area contributed by atoms with Crippen LogP contribution in [0.3, 0.4) is 0 Å². The van der Waals surface area contributed by atoms with Crippen molar-refractivity contribution in [3.05, 3.63) is 87.8 Å². The van der Waals surface area contributed by atoms with Gasteiger partial charge in [-0.2, -0.15) is 13.2 Å². The number of aromatic nitrogens is 3. The highest BCUT2D eigenvalue weighted by molar-refractivity contribution is 9.10. The number of aliphatic hydroxyl groups excluding tert-OH is 1. The standard InChI is InChI=1S/C18H11BrFN3O.C3H3F3O/c19-16-15-13(5-7-22-18(15)24)23-17(16)11-4-6-21-14(9-11)10-2-1-3-12(20)8-10;1-2(7)3(4,5)6/h1-9,23H,(H,22,24);7H,1H2. The maximum Gasteiger partial charge on any atom is 0.448 e. The van der Waals surface area contributed by atoms with E-state index in [0.29, 0.717) is 21.1 Å². The molecule has 0 amide bonds. The SMILES string of the molecule is C=C(O)C(F)(F)F.O=c1[nH]ccc2[nH]c(-c3ccnc(-c4cccc(F)c4)c3)c(Br)c12. The molecule has 4 aromatic rings. The van der Waals surface area contributed by atoms with Gasteiger partial charge >= 0.3 is 6.18 Å². The fourth-order valence-corrected chi connectivity index (χ4v) is 3.43. The maximum atomic E-state index is 13.4. The number of nitrogens with zero attached hydrogens (tertiary/aromatic N) is 1. The van der Waals surface area contributed by atoms with E-state index in [0.717, 1.165) is 16.8 Å². The van der Waals surface area contributed by atoms with Crippen molar-refractivity contribution in [2.45, 2.75) is 6.18 Å². The Kier molecular flexibility index (Phi) is 6.30. The van der Waals surface area contributed by atoms with Crippen molar-refractivity contribution >= 4 is 26.8 Å². The van der Waals surface area contributed by atoms with Gasteiger partial charge in [0.1, 0.15) is 5.82 Å². The van der Waals surface area contributed by atoms with Gasteiger partial charge in [0.25, 0.3) is 5.56 Å². The quantitative estimate of drug-likeness (QED) is 0.232. The lowest BCUT2D eigenvalue weighted by Gasteiger charge is -2.04. The van der Waals surface area contributed by atoms with Crippen molar-refractivity contribution in [3.63, 3.8) is 0 Å². The van der Waals surface area contributed by atoms with Crippen molar-refractivity contribution in [3.8, 4) is 22.5 Å². The monoisotopic (exact) mass is 495 g/mol. The minimum Gasteiger partial charge on any atom is -0.505 e. The third-order valence-corrected chi connectivity index (χ3v) is 4.95. The van der Waals surface area contributed by atoms with Gasteiger partial charge in [-0.1, -0.05) is 18.7 Å². The summed E-state index contributed by atoms with van der Waals surface area (Å²) in [6.45, 7) is 2.26. The van der Waals surface area contributed by atoms with Gasteiger partial charge in [-0.3, -0.25) is 9.78 Å². The molecule has 10 heteroatoms. The van der Waals surface area contributed by atoms with Crippen LogP contribution in [0.2, 0.25) is 0 Å². The number of hydrogen-bond acceptors (Lipinski definition) is 3. The van der Waals surface area contributed by atoms with Crippen LogP contribution in [0, 0.1) is 5.82 Å². The topological polar surface area (TPSA) is 81.8 Å². The van der Waals surface area contributed by atoms with E-state index in [9.17, 15) is 22.4 Å². The van der Waals surface area contributed by atoms with Gasteiger partial charge in [-0.15, -0.1) is 0 Å². The van der Waals surface area contributed by atoms with Crippen LogP contribution in [-0.4, -0.2) is 26.2 Å². The number of hydrogen-bond donors (Lipinski definition) is 3. The first-order chi connectivity index (χ1) is 14.6. The van der Waals surface area contributed by atoms with E-state index < -0.39 is 11.9 Å². The third kappa shape index (κ3) is 5.02. The Morgan fingerprint density at radius 2 is 1.84 bits per heavy atom. The fourth-order valence-electron chi connectivity index (χ4n) is 2.71. The number of H-pyrrole nitrogens is 2. The van der Waals surface area contributed by atoms with Gasteiger partial charge < -0.3 is 15.1 Å².